The minimum absolute atomic E-state index is 0.597. The number of hydrogen-bond acceptors (Lipinski definition) is 5. The lowest BCUT2D eigenvalue weighted by Gasteiger charge is -2.07. The molecule has 4 N–H and O–H groups in total. The smallest absolute Gasteiger partial charge is 0.145 e. The van der Waals surface area contributed by atoms with Gasteiger partial charge in [-0.1, -0.05) is 6.92 Å². The highest BCUT2D eigenvalue weighted by molar-refractivity contribution is 5.48. The van der Waals surface area contributed by atoms with Gasteiger partial charge in [0.05, 0.1) is 0 Å². The predicted molar refractivity (Wildman–Crippen MR) is 55.9 cm³/mol. The van der Waals surface area contributed by atoms with E-state index in [0.29, 0.717) is 11.9 Å². The normalized spacial score (nSPS) is 15.3. The Bertz CT molecular complexity index is 299. The first-order valence-electron chi connectivity index (χ1n) is 4.93. The number of nitrogen functional groups attached to an aromatic ring is 1. The minimum Gasteiger partial charge on any atom is -0.367 e. The molecule has 1 aliphatic rings. The van der Waals surface area contributed by atoms with E-state index in [1.165, 1.54) is 12.8 Å². The molecule has 0 amide bonds. The molecule has 14 heavy (non-hydrogen) atoms. The Balaban J connectivity index is 2.19. The van der Waals surface area contributed by atoms with Gasteiger partial charge in [-0.25, -0.2) is 15.8 Å². The Kier molecular flexibility index (Phi) is 2.49. The van der Waals surface area contributed by atoms with Crippen LogP contribution in [0.4, 0.5) is 11.6 Å². The van der Waals surface area contributed by atoms with Gasteiger partial charge in [-0.05, 0) is 12.8 Å². The average molecular weight is 193 g/mol. The van der Waals surface area contributed by atoms with Crippen molar-refractivity contribution >= 4 is 11.6 Å². The third-order valence-corrected chi connectivity index (χ3v) is 2.17. The van der Waals surface area contributed by atoms with Gasteiger partial charge in [0.25, 0.3) is 0 Å². The largest absolute Gasteiger partial charge is 0.367 e. The molecule has 0 spiro atoms. The molecule has 1 fully saturated rings. The summed E-state index contributed by atoms with van der Waals surface area (Å²) in [6.45, 7) is 2.02. The molecule has 0 radical (unpaired) electrons. The standard InChI is InChI=1S/C9H15N5/c1-2-7-12-8(11-6-3-4-6)5-9(13-7)14-10/h5-6H,2-4,10H2,1H3,(H2,11,12,13,14). The van der Waals surface area contributed by atoms with E-state index in [4.69, 9.17) is 5.84 Å². The Morgan fingerprint density at radius 1 is 1.43 bits per heavy atom. The van der Waals surface area contributed by atoms with Gasteiger partial charge >= 0.3 is 0 Å². The van der Waals surface area contributed by atoms with Crippen LogP contribution in [-0.2, 0) is 6.42 Å². The second-order valence-corrected chi connectivity index (χ2v) is 3.47. The van der Waals surface area contributed by atoms with Crippen molar-refractivity contribution in [2.24, 2.45) is 5.84 Å². The van der Waals surface area contributed by atoms with Gasteiger partial charge in [0.1, 0.15) is 17.5 Å². The van der Waals surface area contributed by atoms with Gasteiger partial charge in [-0.3, -0.25) is 0 Å². The predicted octanol–water partition coefficient (Wildman–Crippen LogP) is 0.899. The number of aryl methyl sites for hydroxylation is 1. The third-order valence-electron chi connectivity index (χ3n) is 2.17. The van der Waals surface area contributed by atoms with Gasteiger partial charge in [0.2, 0.25) is 0 Å². The molecule has 76 valence electrons. The molecule has 1 saturated carbocycles. The quantitative estimate of drug-likeness (QED) is 0.489. The number of nitrogens with two attached hydrogens (primary N) is 1. The molecule has 0 atom stereocenters. The number of aromatic nitrogens is 2. The van der Waals surface area contributed by atoms with Crippen LogP contribution < -0.4 is 16.6 Å². The van der Waals surface area contributed by atoms with Crippen molar-refractivity contribution in [1.82, 2.24) is 9.97 Å². The van der Waals surface area contributed by atoms with Crippen molar-refractivity contribution in [2.45, 2.75) is 32.2 Å². The summed E-state index contributed by atoms with van der Waals surface area (Å²) in [5.41, 5.74) is 2.54. The van der Waals surface area contributed by atoms with E-state index in [2.05, 4.69) is 20.7 Å². The maximum Gasteiger partial charge on any atom is 0.145 e. The van der Waals surface area contributed by atoms with E-state index in [-0.39, 0.29) is 0 Å². The molecule has 5 nitrogen and oxygen atoms in total. The van der Waals surface area contributed by atoms with Gasteiger partial charge in [-0.15, -0.1) is 0 Å². The summed E-state index contributed by atoms with van der Waals surface area (Å²) in [6.07, 6.45) is 3.28. The van der Waals surface area contributed by atoms with E-state index in [1.54, 1.807) is 0 Å². The first-order chi connectivity index (χ1) is 6.81. The van der Waals surface area contributed by atoms with Crippen LogP contribution >= 0.6 is 0 Å². The van der Waals surface area contributed by atoms with Crippen LogP contribution in [0.1, 0.15) is 25.6 Å². The average Bonchev–Trinajstić information content (AvgIpc) is 3.01. The molecular formula is C9H15N5. The molecule has 1 aliphatic carbocycles. The van der Waals surface area contributed by atoms with Crippen LogP contribution in [0.5, 0.6) is 0 Å². The Labute approximate surface area is 83.1 Å². The van der Waals surface area contributed by atoms with Gasteiger partial charge in [0, 0.05) is 18.5 Å². The fraction of sp³-hybridized carbons (Fsp3) is 0.556. The Morgan fingerprint density at radius 2 is 2.14 bits per heavy atom. The lowest BCUT2D eigenvalue weighted by atomic mass is 10.4. The first kappa shape index (κ1) is 9.21. The lowest BCUT2D eigenvalue weighted by molar-refractivity contribution is 0.931. The highest BCUT2D eigenvalue weighted by Crippen LogP contribution is 2.24. The van der Waals surface area contributed by atoms with E-state index in [1.807, 2.05) is 13.0 Å². The first-order valence-corrected chi connectivity index (χ1v) is 4.93. The van der Waals surface area contributed by atoms with Crippen molar-refractivity contribution in [3.8, 4) is 0 Å². The SMILES string of the molecule is CCc1nc(NN)cc(NC2CC2)n1. The van der Waals surface area contributed by atoms with Crippen LogP contribution in [0.2, 0.25) is 0 Å². The number of nitrogens with zero attached hydrogens (tertiary/aromatic N) is 2. The summed E-state index contributed by atoms with van der Waals surface area (Å²) in [4.78, 5) is 8.57. The highest BCUT2D eigenvalue weighted by Gasteiger charge is 2.21. The second-order valence-electron chi connectivity index (χ2n) is 3.47. The Hall–Kier alpha value is -1.36. The zero-order chi connectivity index (χ0) is 9.97. The van der Waals surface area contributed by atoms with Crippen molar-refractivity contribution < 1.29 is 0 Å². The van der Waals surface area contributed by atoms with Crippen LogP contribution in [0, 0.1) is 0 Å². The maximum atomic E-state index is 5.32. The molecule has 1 aromatic rings. The molecule has 2 rings (SSSR count). The summed E-state index contributed by atoms with van der Waals surface area (Å²) in [5.74, 6) is 7.66. The fourth-order valence-electron chi connectivity index (χ4n) is 1.24. The zero-order valence-corrected chi connectivity index (χ0v) is 8.25. The third kappa shape index (κ3) is 2.11. The van der Waals surface area contributed by atoms with Gasteiger partial charge in [0.15, 0.2) is 0 Å². The van der Waals surface area contributed by atoms with Crippen LogP contribution in [0.25, 0.3) is 0 Å². The van der Waals surface area contributed by atoms with Crippen molar-refractivity contribution in [2.75, 3.05) is 10.7 Å². The monoisotopic (exact) mass is 193 g/mol. The molecule has 5 heteroatoms. The van der Waals surface area contributed by atoms with Crippen LogP contribution in [-0.4, -0.2) is 16.0 Å². The number of nitrogens with one attached hydrogen (secondary N) is 2. The van der Waals surface area contributed by atoms with Crippen LogP contribution in [0.15, 0.2) is 6.07 Å². The summed E-state index contributed by atoms with van der Waals surface area (Å²) < 4.78 is 0. The fourth-order valence-corrected chi connectivity index (χ4v) is 1.24. The molecule has 0 saturated heterocycles. The second kappa shape index (κ2) is 3.79. The summed E-state index contributed by atoms with van der Waals surface area (Å²) >= 11 is 0. The number of rotatable bonds is 4. The van der Waals surface area contributed by atoms with E-state index < -0.39 is 0 Å². The molecule has 0 aromatic carbocycles. The summed E-state index contributed by atoms with van der Waals surface area (Å²) in [6, 6.07) is 2.43. The maximum absolute atomic E-state index is 5.32. The molecule has 1 heterocycles. The zero-order valence-electron chi connectivity index (χ0n) is 8.25. The molecule has 1 aromatic heterocycles. The van der Waals surface area contributed by atoms with E-state index in [0.717, 1.165) is 18.1 Å². The number of hydrazine groups is 1. The number of hydrogen-bond donors (Lipinski definition) is 3. The van der Waals surface area contributed by atoms with E-state index in [9.17, 15) is 0 Å². The summed E-state index contributed by atoms with van der Waals surface area (Å²) in [5, 5.41) is 3.32. The molecule has 0 bridgehead atoms. The Morgan fingerprint density at radius 3 is 2.71 bits per heavy atom. The molecule has 0 aliphatic heterocycles. The van der Waals surface area contributed by atoms with Gasteiger partial charge < -0.3 is 10.7 Å². The topological polar surface area (TPSA) is 75.9 Å². The summed E-state index contributed by atoms with van der Waals surface area (Å²) in [7, 11) is 0. The van der Waals surface area contributed by atoms with Crippen molar-refractivity contribution in [1.29, 1.82) is 0 Å². The molecular weight excluding hydrogens is 178 g/mol. The van der Waals surface area contributed by atoms with Crippen molar-refractivity contribution in [3.05, 3.63) is 11.9 Å². The minimum atomic E-state index is 0.597. The molecule has 0 unspecified atom stereocenters. The lowest BCUT2D eigenvalue weighted by Crippen LogP contribution is -2.12. The number of anilines is 2. The van der Waals surface area contributed by atoms with E-state index >= 15 is 0 Å². The van der Waals surface area contributed by atoms with Crippen molar-refractivity contribution in [3.63, 3.8) is 0 Å². The highest BCUT2D eigenvalue weighted by atomic mass is 15.3. The van der Waals surface area contributed by atoms with Crippen LogP contribution in [0.3, 0.4) is 0 Å². The van der Waals surface area contributed by atoms with Gasteiger partial charge in [-0.2, -0.15) is 0 Å².